The number of amides is 1. The van der Waals surface area contributed by atoms with E-state index in [0.29, 0.717) is 23.7 Å². The maximum atomic E-state index is 12.8. The van der Waals surface area contributed by atoms with Gasteiger partial charge >= 0.3 is 0 Å². The number of halogens is 1. The molecular weight excluding hydrogens is 426 g/mol. The summed E-state index contributed by atoms with van der Waals surface area (Å²) >= 11 is 9.19. The van der Waals surface area contributed by atoms with Crippen molar-refractivity contribution in [1.82, 2.24) is 19.1 Å². The van der Waals surface area contributed by atoms with Gasteiger partial charge in [-0.1, -0.05) is 23.7 Å². The van der Waals surface area contributed by atoms with Gasteiger partial charge in [0, 0.05) is 40.2 Å². The summed E-state index contributed by atoms with van der Waals surface area (Å²) in [4.78, 5) is 20.0. The monoisotopic (exact) mass is 441 g/mol. The Hall–Kier alpha value is -2.39. The second-order valence-electron chi connectivity index (χ2n) is 6.80. The Morgan fingerprint density at radius 2 is 2.14 bits per heavy atom. The fourth-order valence-corrected chi connectivity index (χ4v) is 5.19. The van der Waals surface area contributed by atoms with Crippen molar-refractivity contribution in [2.75, 3.05) is 0 Å². The lowest BCUT2D eigenvalue weighted by Gasteiger charge is -2.20. The molecule has 3 heterocycles. The van der Waals surface area contributed by atoms with Crippen LogP contribution in [0, 0.1) is 0 Å². The second-order valence-corrected chi connectivity index (χ2v) is 9.15. The van der Waals surface area contributed by atoms with E-state index in [1.165, 1.54) is 0 Å². The third-order valence-electron chi connectivity index (χ3n) is 4.85. The van der Waals surface area contributed by atoms with E-state index in [0.717, 1.165) is 26.4 Å². The van der Waals surface area contributed by atoms with Gasteiger partial charge in [0.25, 0.3) is 0 Å². The third-order valence-corrected chi connectivity index (χ3v) is 6.71. The molecule has 4 aromatic rings. The lowest BCUT2D eigenvalue weighted by Crippen LogP contribution is -2.35. The van der Waals surface area contributed by atoms with Crippen molar-refractivity contribution in [3.05, 3.63) is 76.0 Å². The van der Waals surface area contributed by atoms with Crippen LogP contribution in [-0.4, -0.2) is 25.0 Å². The van der Waals surface area contributed by atoms with Crippen LogP contribution in [0.2, 0.25) is 5.02 Å². The predicted octanol–water partition coefficient (Wildman–Crippen LogP) is 4.24. The highest BCUT2D eigenvalue weighted by atomic mass is 35.5. The summed E-state index contributed by atoms with van der Waals surface area (Å²) in [6.07, 6.45) is 1.98. The van der Waals surface area contributed by atoms with E-state index in [9.17, 15) is 4.79 Å². The average Bonchev–Trinajstić information content (AvgIpc) is 3.41. The smallest absolute Gasteiger partial charge is 0.244 e. The first-order chi connectivity index (χ1) is 14.1. The van der Waals surface area contributed by atoms with Gasteiger partial charge < -0.3 is 10.6 Å². The minimum Gasteiger partial charge on any atom is -0.331 e. The van der Waals surface area contributed by atoms with Crippen molar-refractivity contribution in [3.63, 3.8) is 0 Å². The Morgan fingerprint density at radius 3 is 2.97 bits per heavy atom. The number of benzene rings is 2. The summed E-state index contributed by atoms with van der Waals surface area (Å²) in [6, 6.07) is 12.6. The zero-order chi connectivity index (χ0) is 20.0. The van der Waals surface area contributed by atoms with Crippen molar-refractivity contribution in [2.45, 2.75) is 24.0 Å². The molecule has 1 aliphatic heterocycles. The number of thiazole rings is 1. The van der Waals surface area contributed by atoms with Gasteiger partial charge in [-0.05, 0) is 35.9 Å². The van der Waals surface area contributed by atoms with Crippen molar-refractivity contribution in [2.24, 2.45) is 5.73 Å². The largest absolute Gasteiger partial charge is 0.331 e. The Bertz CT molecular complexity index is 1200. The molecule has 146 valence electrons. The molecule has 0 bridgehead atoms. The molecule has 9 heteroatoms. The first-order valence-corrected chi connectivity index (χ1v) is 11.0. The van der Waals surface area contributed by atoms with Crippen LogP contribution < -0.4 is 5.73 Å². The molecule has 2 N–H and O–H groups in total. The van der Waals surface area contributed by atoms with Crippen LogP contribution in [0.5, 0.6) is 0 Å². The van der Waals surface area contributed by atoms with Gasteiger partial charge in [0.15, 0.2) is 0 Å². The molecule has 0 saturated carbocycles. The third kappa shape index (κ3) is 3.64. The zero-order valence-electron chi connectivity index (χ0n) is 15.2. The van der Waals surface area contributed by atoms with Crippen LogP contribution in [0.15, 0.2) is 59.1 Å². The molecule has 5 rings (SSSR count). The topological polar surface area (TPSA) is 77.0 Å². The number of nitrogens with two attached hydrogens (primary N) is 1. The molecule has 1 atom stereocenters. The van der Waals surface area contributed by atoms with Gasteiger partial charge in [-0.2, -0.15) is 5.10 Å². The lowest BCUT2D eigenvalue weighted by atomic mass is 10.1. The zero-order valence-corrected chi connectivity index (χ0v) is 17.5. The van der Waals surface area contributed by atoms with Crippen LogP contribution >= 0.6 is 34.9 Å². The normalized spacial score (nSPS) is 14.3. The summed E-state index contributed by atoms with van der Waals surface area (Å²) in [7, 11) is 0. The Labute approximate surface area is 180 Å². The molecule has 2 aromatic heterocycles. The van der Waals surface area contributed by atoms with E-state index in [1.807, 2.05) is 34.0 Å². The summed E-state index contributed by atoms with van der Waals surface area (Å²) in [6.45, 7) is 0.973. The SMILES string of the molecule is NC(C(=O)N1Cc2cn(Sc3ccc4ncsc4c3)nc2C1)c1cccc(Cl)c1. The second kappa shape index (κ2) is 7.46. The number of aromatic nitrogens is 3. The molecule has 1 aliphatic rings. The van der Waals surface area contributed by atoms with E-state index in [4.69, 9.17) is 17.3 Å². The standard InChI is InChI=1S/C20H16ClN5OS2/c21-14-3-1-2-12(6-14)19(22)20(27)25-8-13-9-26(24-17(13)10-25)29-15-4-5-16-18(7-15)28-11-23-16/h1-7,9,11,19H,8,10,22H2. The fourth-order valence-electron chi connectivity index (χ4n) is 3.37. The predicted molar refractivity (Wildman–Crippen MR) is 116 cm³/mol. The molecule has 2 aromatic carbocycles. The Kier molecular flexibility index (Phi) is 4.79. The Morgan fingerprint density at radius 1 is 1.24 bits per heavy atom. The van der Waals surface area contributed by atoms with Crippen LogP contribution in [-0.2, 0) is 17.9 Å². The fraction of sp³-hybridized carbons (Fsp3) is 0.150. The molecule has 0 saturated heterocycles. The van der Waals surface area contributed by atoms with Gasteiger partial charge in [-0.3, -0.25) is 4.79 Å². The molecule has 0 spiro atoms. The van der Waals surface area contributed by atoms with Gasteiger partial charge in [0.05, 0.1) is 28.0 Å². The molecule has 29 heavy (non-hydrogen) atoms. The molecule has 6 nitrogen and oxygen atoms in total. The lowest BCUT2D eigenvalue weighted by molar-refractivity contribution is -0.133. The molecule has 0 aliphatic carbocycles. The van der Waals surface area contributed by atoms with Crippen LogP contribution in [0.3, 0.4) is 0 Å². The molecule has 0 fully saturated rings. The van der Waals surface area contributed by atoms with E-state index in [2.05, 4.69) is 16.1 Å². The molecule has 1 amide bonds. The molecule has 1 unspecified atom stereocenters. The average molecular weight is 442 g/mol. The van der Waals surface area contributed by atoms with Gasteiger partial charge in [-0.15, -0.1) is 11.3 Å². The van der Waals surface area contributed by atoms with Gasteiger partial charge in [0.1, 0.15) is 6.04 Å². The van der Waals surface area contributed by atoms with Crippen molar-refractivity contribution in [3.8, 4) is 0 Å². The number of carbonyl (C=O) groups is 1. The summed E-state index contributed by atoms with van der Waals surface area (Å²) in [5.74, 6) is -0.125. The molecular formula is C20H16ClN5OS2. The summed E-state index contributed by atoms with van der Waals surface area (Å²) in [5, 5.41) is 5.21. The number of rotatable bonds is 4. The highest BCUT2D eigenvalue weighted by Gasteiger charge is 2.30. The Balaban J connectivity index is 1.28. The number of fused-ring (bicyclic) bond motifs is 2. The first kappa shape index (κ1) is 18.6. The maximum absolute atomic E-state index is 12.8. The van der Waals surface area contributed by atoms with Crippen LogP contribution in [0.25, 0.3) is 10.2 Å². The highest BCUT2D eigenvalue weighted by molar-refractivity contribution is 7.97. The maximum Gasteiger partial charge on any atom is 0.244 e. The van der Waals surface area contributed by atoms with E-state index in [-0.39, 0.29) is 5.91 Å². The highest BCUT2D eigenvalue weighted by Crippen LogP contribution is 2.30. The van der Waals surface area contributed by atoms with Crippen LogP contribution in [0.4, 0.5) is 0 Å². The quantitative estimate of drug-likeness (QED) is 0.512. The van der Waals surface area contributed by atoms with Crippen molar-refractivity contribution < 1.29 is 4.79 Å². The van der Waals surface area contributed by atoms with Gasteiger partial charge in [-0.25, -0.2) is 9.07 Å². The van der Waals surface area contributed by atoms with Crippen molar-refractivity contribution >= 4 is 51.0 Å². The summed E-state index contributed by atoms with van der Waals surface area (Å²) < 4.78 is 3.01. The number of carbonyl (C=O) groups excluding carboxylic acids is 1. The first-order valence-electron chi connectivity index (χ1n) is 8.96. The minimum absolute atomic E-state index is 0.125. The summed E-state index contributed by atoms with van der Waals surface area (Å²) in [5.41, 5.74) is 11.7. The van der Waals surface area contributed by atoms with Crippen molar-refractivity contribution in [1.29, 1.82) is 0 Å². The van der Waals surface area contributed by atoms with Crippen LogP contribution in [0.1, 0.15) is 22.9 Å². The number of nitrogens with zero attached hydrogens (tertiary/aromatic N) is 4. The van der Waals surface area contributed by atoms with E-state index < -0.39 is 6.04 Å². The van der Waals surface area contributed by atoms with E-state index >= 15 is 0 Å². The molecule has 0 radical (unpaired) electrons. The number of hydrogen-bond donors (Lipinski definition) is 1. The van der Waals surface area contributed by atoms with E-state index in [1.54, 1.807) is 46.4 Å². The number of hydrogen-bond acceptors (Lipinski definition) is 6. The van der Waals surface area contributed by atoms with Gasteiger partial charge in [0.2, 0.25) is 5.91 Å². The minimum atomic E-state index is -0.731.